The molecule has 0 aliphatic rings. The minimum absolute atomic E-state index is 0.422. The first-order valence-electron chi connectivity index (χ1n) is 7.30. The Hall–Kier alpha value is -2.53. The number of aryl methyl sites for hydroxylation is 1. The number of anilines is 1. The van der Waals surface area contributed by atoms with Crippen molar-refractivity contribution in [1.29, 1.82) is 0 Å². The van der Waals surface area contributed by atoms with Crippen molar-refractivity contribution in [2.45, 2.75) is 13.0 Å². The Morgan fingerprint density at radius 3 is 2.48 bits per heavy atom. The van der Waals surface area contributed by atoms with Crippen LogP contribution >= 0.6 is 0 Å². The number of ether oxygens (including phenoxy) is 2. The second-order valence-corrected chi connectivity index (χ2v) is 5.31. The monoisotopic (exact) mass is 314 g/mol. The lowest BCUT2D eigenvalue weighted by Crippen LogP contribution is -2.28. The molecule has 2 aromatic carbocycles. The van der Waals surface area contributed by atoms with Gasteiger partial charge in [0.1, 0.15) is 5.75 Å². The fourth-order valence-corrected chi connectivity index (χ4v) is 2.53. The highest BCUT2D eigenvalue weighted by molar-refractivity contribution is 5.88. The molecule has 1 unspecified atom stereocenters. The summed E-state index contributed by atoms with van der Waals surface area (Å²) in [4.78, 5) is 13.4. The number of nitrogens with zero attached hydrogens (tertiary/aromatic N) is 1. The smallest absolute Gasteiger partial charge is 0.413 e. The highest BCUT2D eigenvalue weighted by Gasteiger charge is 2.21. The lowest BCUT2D eigenvalue weighted by molar-refractivity contribution is 0.180. The summed E-state index contributed by atoms with van der Waals surface area (Å²) < 4.78 is 10.2. The zero-order valence-electron chi connectivity index (χ0n) is 13.9. The highest BCUT2D eigenvalue weighted by atomic mass is 16.5. The van der Waals surface area contributed by atoms with E-state index in [1.807, 2.05) is 49.4 Å². The summed E-state index contributed by atoms with van der Waals surface area (Å²) in [5.41, 5.74) is 9.90. The van der Waals surface area contributed by atoms with Gasteiger partial charge in [0.2, 0.25) is 0 Å². The average Bonchev–Trinajstić information content (AvgIpc) is 2.59. The van der Waals surface area contributed by atoms with Gasteiger partial charge in [-0.05, 0) is 30.2 Å². The van der Waals surface area contributed by atoms with E-state index in [0.717, 1.165) is 22.4 Å². The molecular formula is C18H22N2O3. The maximum absolute atomic E-state index is 11.9. The molecule has 0 spiro atoms. The topological polar surface area (TPSA) is 64.8 Å². The van der Waals surface area contributed by atoms with E-state index in [9.17, 15) is 4.79 Å². The first kappa shape index (κ1) is 16.8. The maximum Gasteiger partial charge on any atom is 0.413 e. The van der Waals surface area contributed by atoms with Crippen LogP contribution in [0.25, 0.3) is 0 Å². The highest BCUT2D eigenvalue weighted by Crippen LogP contribution is 2.34. The Kier molecular flexibility index (Phi) is 5.24. The van der Waals surface area contributed by atoms with Gasteiger partial charge >= 0.3 is 6.09 Å². The summed E-state index contributed by atoms with van der Waals surface area (Å²) in [7, 11) is 4.63. The Balaban J connectivity index is 2.52. The van der Waals surface area contributed by atoms with Gasteiger partial charge in [-0.25, -0.2) is 4.79 Å². The Morgan fingerprint density at radius 1 is 1.13 bits per heavy atom. The second kappa shape index (κ2) is 7.15. The van der Waals surface area contributed by atoms with Gasteiger partial charge in [0.15, 0.2) is 0 Å². The summed E-state index contributed by atoms with van der Waals surface area (Å²) in [6.07, 6.45) is -0.441. The first-order valence-corrected chi connectivity index (χ1v) is 7.30. The molecule has 1 amide bonds. The van der Waals surface area contributed by atoms with Gasteiger partial charge in [-0.1, -0.05) is 30.3 Å². The molecule has 122 valence electrons. The van der Waals surface area contributed by atoms with E-state index in [0.29, 0.717) is 5.75 Å². The van der Waals surface area contributed by atoms with Crippen molar-refractivity contribution < 1.29 is 14.3 Å². The largest absolute Gasteiger partial charge is 0.496 e. The van der Waals surface area contributed by atoms with Crippen LogP contribution in [-0.2, 0) is 4.74 Å². The summed E-state index contributed by atoms with van der Waals surface area (Å²) in [5, 5.41) is 0. The number of methoxy groups -OCH3 is 2. The second-order valence-electron chi connectivity index (χ2n) is 5.31. The molecule has 0 aliphatic carbocycles. The van der Waals surface area contributed by atoms with Crippen LogP contribution in [0.4, 0.5) is 10.5 Å². The molecule has 5 heteroatoms. The third-order valence-corrected chi connectivity index (χ3v) is 3.80. The number of amides is 1. The fourth-order valence-electron chi connectivity index (χ4n) is 2.53. The van der Waals surface area contributed by atoms with Gasteiger partial charge in [0.25, 0.3) is 0 Å². The van der Waals surface area contributed by atoms with Crippen molar-refractivity contribution in [3.63, 3.8) is 0 Å². The van der Waals surface area contributed by atoms with Crippen LogP contribution in [-0.4, -0.2) is 27.4 Å². The predicted molar refractivity (Wildman–Crippen MR) is 91.0 cm³/mol. The first-order chi connectivity index (χ1) is 11.0. The number of carbonyl (C=O) groups excluding carboxylic acids is 1. The normalized spacial score (nSPS) is 11.7. The molecule has 0 aromatic heterocycles. The number of nitrogens with two attached hydrogens (primary N) is 1. The Morgan fingerprint density at radius 2 is 1.83 bits per heavy atom. The van der Waals surface area contributed by atoms with E-state index in [4.69, 9.17) is 15.2 Å². The van der Waals surface area contributed by atoms with Crippen molar-refractivity contribution in [3.8, 4) is 5.75 Å². The van der Waals surface area contributed by atoms with Gasteiger partial charge in [-0.15, -0.1) is 0 Å². The summed E-state index contributed by atoms with van der Waals surface area (Å²) in [5.74, 6) is 0.715. The molecule has 23 heavy (non-hydrogen) atoms. The lowest BCUT2D eigenvalue weighted by Gasteiger charge is -2.24. The van der Waals surface area contributed by atoms with Crippen LogP contribution < -0.4 is 15.4 Å². The lowest BCUT2D eigenvalue weighted by atomic mass is 9.95. The minimum atomic E-state index is -0.441. The molecule has 2 rings (SSSR count). The van der Waals surface area contributed by atoms with Crippen molar-refractivity contribution in [3.05, 3.63) is 59.2 Å². The van der Waals surface area contributed by atoms with E-state index in [2.05, 4.69) is 0 Å². The molecule has 0 radical (unpaired) electrons. The Bertz CT molecular complexity index is 700. The van der Waals surface area contributed by atoms with E-state index < -0.39 is 12.1 Å². The van der Waals surface area contributed by atoms with Gasteiger partial charge in [-0.3, -0.25) is 4.90 Å². The zero-order chi connectivity index (χ0) is 17.0. The molecule has 0 heterocycles. The van der Waals surface area contributed by atoms with Crippen molar-refractivity contribution in [2.75, 3.05) is 26.2 Å². The van der Waals surface area contributed by atoms with Crippen LogP contribution in [0.3, 0.4) is 0 Å². The molecule has 0 saturated heterocycles. The van der Waals surface area contributed by atoms with Gasteiger partial charge < -0.3 is 15.2 Å². The SMILES string of the molecule is COC(=O)N(C)c1cc(C)ccc1C(N)c1ccccc1OC. The van der Waals surface area contributed by atoms with Crippen LogP contribution in [0.1, 0.15) is 22.7 Å². The number of rotatable bonds is 4. The van der Waals surface area contributed by atoms with Crippen molar-refractivity contribution in [1.82, 2.24) is 0 Å². The third kappa shape index (κ3) is 3.46. The maximum atomic E-state index is 11.9. The summed E-state index contributed by atoms with van der Waals surface area (Å²) >= 11 is 0. The van der Waals surface area contributed by atoms with E-state index >= 15 is 0 Å². The predicted octanol–water partition coefficient (Wildman–Crippen LogP) is 3.25. The number of carbonyl (C=O) groups is 1. The number of para-hydroxylation sites is 1. The molecule has 2 N–H and O–H groups in total. The van der Waals surface area contributed by atoms with Crippen LogP contribution in [0.5, 0.6) is 5.75 Å². The summed E-state index contributed by atoms with van der Waals surface area (Å²) in [6.45, 7) is 1.97. The molecule has 5 nitrogen and oxygen atoms in total. The van der Waals surface area contributed by atoms with Gasteiger partial charge in [-0.2, -0.15) is 0 Å². The molecule has 0 aliphatic heterocycles. The van der Waals surface area contributed by atoms with Gasteiger partial charge in [0.05, 0.1) is 25.9 Å². The quantitative estimate of drug-likeness (QED) is 0.941. The van der Waals surface area contributed by atoms with E-state index in [-0.39, 0.29) is 0 Å². The molecule has 1 atom stereocenters. The van der Waals surface area contributed by atoms with Crippen molar-refractivity contribution >= 4 is 11.8 Å². The summed E-state index contributed by atoms with van der Waals surface area (Å²) in [6, 6.07) is 13.0. The number of hydrogen-bond acceptors (Lipinski definition) is 4. The standard InChI is InChI=1S/C18H22N2O3/c1-12-9-10-13(15(11-12)20(2)18(21)23-4)17(19)14-7-5-6-8-16(14)22-3/h5-11,17H,19H2,1-4H3. The van der Waals surface area contributed by atoms with Crippen LogP contribution in [0.15, 0.2) is 42.5 Å². The Labute approximate surface area is 136 Å². The third-order valence-electron chi connectivity index (χ3n) is 3.80. The van der Waals surface area contributed by atoms with E-state index in [1.54, 1.807) is 14.2 Å². The zero-order valence-corrected chi connectivity index (χ0v) is 13.9. The average molecular weight is 314 g/mol. The molecule has 0 fully saturated rings. The fraction of sp³-hybridized carbons (Fsp3) is 0.278. The number of hydrogen-bond donors (Lipinski definition) is 1. The van der Waals surface area contributed by atoms with Crippen LogP contribution in [0.2, 0.25) is 0 Å². The molecular weight excluding hydrogens is 292 g/mol. The molecule has 0 saturated carbocycles. The van der Waals surface area contributed by atoms with Crippen LogP contribution in [0, 0.1) is 6.92 Å². The van der Waals surface area contributed by atoms with E-state index in [1.165, 1.54) is 12.0 Å². The number of benzene rings is 2. The van der Waals surface area contributed by atoms with Gasteiger partial charge in [0, 0.05) is 12.6 Å². The molecule has 0 bridgehead atoms. The van der Waals surface area contributed by atoms with Crippen molar-refractivity contribution in [2.24, 2.45) is 5.73 Å². The minimum Gasteiger partial charge on any atom is -0.496 e. The molecule has 2 aromatic rings.